The van der Waals surface area contributed by atoms with Gasteiger partial charge in [0.05, 0.1) is 11.8 Å². The van der Waals surface area contributed by atoms with Crippen LogP contribution < -0.4 is 15.8 Å². The number of carbonyl (C=O) groups excluding carboxylic acids is 2. The highest BCUT2D eigenvalue weighted by atomic mass is 127. The quantitative estimate of drug-likeness (QED) is 0.201. The largest absolute Gasteiger partial charge is 0.496 e. The number of halogens is 3. The molecule has 0 saturated heterocycles. The number of hydrogen-bond acceptors (Lipinski definition) is 5. The molecule has 1 saturated carbocycles. The van der Waals surface area contributed by atoms with Crippen molar-refractivity contribution in [3.8, 4) is 16.9 Å². The Balaban J connectivity index is 1.54. The summed E-state index contributed by atoms with van der Waals surface area (Å²) in [5.41, 5.74) is 8.40. The average Bonchev–Trinajstić information content (AvgIpc) is 3.35. The topological polar surface area (TPSA) is 84.7 Å². The maximum atomic E-state index is 14.7. The van der Waals surface area contributed by atoms with Crippen LogP contribution in [-0.2, 0) is 6.54 Å². The Labute approximate surface area is 255 Å². The number of amides is 2. The highest BCUT2D eigenvalue weighted by Crippen LogP contribution is 2.38. The monoisotopic (exact) mass is 689 g/mol. The van der Waals surface area contributed by atoms with E-state index in [-0.39, 0.29) is 28.6 Å². The van der Waals surface area contributed by atoms with Crippen LogP contribution in [0.3, 0.4) is 0 Å². The van der Waals surface area contributed by atoms with Crippen molar-refractivity contribution in [1.29, 1.82) is 0 Å². The number of hydrogen-bond donors (Lipinski definition) is 2. The molecule has 5 rings (SSSR count). The van der Waals surface area contributed by atoms with Crippen molar-refractivity contribution >= 4 is 55.8 Å². The summed E-state index contributed by atoms with van der Waals surface area (Å²) in [7, 11) is 3.54. The average molecular weight is 690 g/mol. The Hall–Kier alpha value is -3.09. The van der Waals surface area contributed by atoms with E-state index >= 15 is 0 Å². The summed E-state index contributed by atoms with van der Waals surface area (Å²) in [4.78, 5) is 27.9. The summed E-state index contributed by atoms with van der Waals surface area (Å²) in [6, 6.07) is 15.3. The van der Waals surface area contributed by atoms with Crippen molar-refractivity contribution in [2.45, 2.75) is 44.3 Å². The zero-order valence-electron chi connectivity index (χ0n) is 22.7. The van der Waals surface area contributed by atoms with Gasteiger partial charge in [0, 0.05) is 38.7 Å². The number of methoxy groups -OCH3 is 1. The molecule has 10 heteroatoms. The fourth-order valence-electron chi connectivity index (χ4n) is 5.50. The Morgan fingerprint density at radius 1 is 1.02 bits per heavy atom. The van der Waals surface area contributed by atoms with Gasteiger partial charge in [-0.05, 0) is 103 Å². The molecule has 3 N–H and O–H groups in total. The minimum absolute atomic E-state index is 0.0500. The molecule has 0 radical (unpaired) electrons. The third-order valence-corrected chi connectivity index (χ3v) is 10.4. The number of nitrogens with one attached hydrogen (secondary N) is 1. The van der Waals surface area contributed by atoms with E-state index < -0.39 is 17.5 Å². The minimum Gasteiger partial charge on any atom is -0.496 e. The summed E-state index contributed by atoms with van der Waals surface area (Å²) < 4.78 is 35.6. The molecule has 1 aliphatic rings. The Kier molecular flexibility index (Phi) is 8.91. The number of carbonyl (C=O) groups is 2. The maximum absolute atomic E-state index is 14.7. The molecule has 0 spiro atoms. The van der Waals surface area contributed by atoms with Gasteiger partial charge in [0.2, 0.25) is 5.91 Å². The van der Waals surface area contributed by atoms with E-state index in [1.165, 1.54) is 0 Å². The normalized spacial score (nSPS) is 17.0. The second-order valence-electron chi connectivity index (χ2n) is 10.2. The predicted molar refractivity (Wildman–Crippen MR) is 166 cm³/mol. The van der Waals surface area contributed by atoms with Crippen LogP contribution in [0.4, 0.5) is 8.78 Å². The predicted octanol–water partition coefficient (Wildman–Crippen LogP) is 6.73. The highest BCUT2D eigenvalue weighted by molar-refractivity contribution is 14.1. The lowest BCUT2D eigenvalue weighted by atomic mass is 9.89. The fourth-order valence-corrected chi connectivity index (χ4v) is 7.84. The first kappa shape index (κ1) is 29.4. The van der Waals surface area contributed by atoms with Crippen molar-refractivity contribution in [3.05, 3.63) is 85.8 Å². The van der Waals surface area contributed by atoms with E-state index in [9.17, 15) is 18.4 Å². The van der Waals surface area contributed by atoms with Gasteiger partial charge in [-0.25, -0.2) is 8.78 Å². The van der Waals surface area contributed by atoms with Gasteiger partial charge in [-0.3, -0.25) is 9.59 Å². The van der Waals surface area contributed by atoms with Crippen LogP contribution in [0.1, 0.15) is 51.3 Å². The molecule has 1 fully saturated rings. The van der Waals surface area contributed by atoms with Crippen LogP contribution in [0.25, 0.3) is 21.2 Å². The third-order valence-electron chi connectivity index (χ3n) is 7.81. The number of primary amides is 1. The number of benzene rings is 3. The molecule has 6 nitrogen and oxygen atoms in total. The minimum atomic E-state index is -0.543. The fraction of sp³-hybridized carbons (Fsp3) is 0.290. The van der Waals surface area contributed by atoms with Crippen molar-refractivity contribution < 1.29 is 23.1 Å². The molecule has 0 atom stereocenters. The van der Waals surface area contributed by atoms with Crippen molar-refractivity contribution in [2.24, 2.45) is 5.73 Å². The molecule has 1 aromatic heterocycles. The Bertz CT molecular complexity index is 1600. The first-order valence-electron chi connectivity index (χ1n) is 13.3. The van der Waals surface area contributed by atoms with E-state index in [1.54, 1.807) is 19.2 Å². The van der Waals surface area contributed by atoms with E-state index in [4.69, 9.17) is 10.5 Å². The highest BCUT2D eigenvalue weighted by Gasteiger charge is 2.33. The van der Waals surface area contributed by atoms with Gasteiger partial charge < -0.3 is 20.7 Å². The van der Waals surface area contributed by atoms with Crippen LogP contribution in [0.15, 0.2) is 54.6 Å². The number of fused-ring (bicyclic) bond motifs is 1. The smallest absolute Gasteiger partial charge is 0.265 e. The number of nitrogens with two attached hydrogens (primary N) is 1. The number of nitrogens with zero attached hydrogens (tertiary/aromatic N) is 1. The lowest BCUT2D eigenvalue weighted by Crippen LogP contribution is -2.44. The van der Waals surface area contributed by atoms with Gasteiger partial charge in [0.25, 0.3) is 5.91 Å². The molecule has 0 unspecified atom stereocenters. The lowest BCUT2D eigenvalue weighted by Gasteiger charge is -2.37. The molecular weight excluding hydrogens is 659 g/mol. The van der Waals surface area contributed by atoms with Gasteiger partial charge in [-0.15, -0.1) is 11.3 Å². The molecule has 41 heavy (non-hydrogen) atoms. The molecule has 3 aromatic carbocycles. The van der Waals surface area contributed by atoms with Crippen LogP contribution in [0.2, 0.25) is 0 Å². The number of thiophene rings is 1. The molecule has 1 aliphatic carbocycles. The Morgan fingerprint density at radius 3 is 2.29 bits per heavy atom. The molecule has 1 heterocycles. The summed E-state index contributed by atoms with van der Waals surface area (Å²) in [6.07, 6.45) is 3.44. The maximum Gasteiger partial charge on any atom is 0.265 e. The van der Waals surface area contributed by atoms with Crippen LogP contribution in [0, 0.1) is 15.2 Å². The number of ether oxygens (including phenoxy) is 1. The van der Waals surface area contributed by atoms with E-state index in [0.29, 0.717) is 25.8 Å². The first-order chi connectivity index (χ1) is 19.7. The summed E-state index contributed by atoms with van der Waals surface area (Å²) >= 11 is 2.96. The molecule has 0 bridgehead atoms. The van der Waals surface area contributed by atoms with Gasteiger partial charge in [0.1, 0.15) is 22.3 Å². The third kappa shape index (κ3) is 5.96. The molecule has 214 valence electrons. The van der Waals surface area contributed by atoms with Gasteiger partial charge in [-0.1, -0.05) is 18.2 Å². The van der Waals surface area contributed by atoms with Crippen molar-refractivity contribution in [2.75, 3.05) is 14.2 Å². The lowest BCUT2D eigenvalue weighted by molar-refractivity contribution is 0.0603. The van der Waals surface area contributed by atoms with Crippen molar-refractivity contribution in [3.63, 3.8) is 0 Å². The summed E-state index contributed by atoms with van der Waals surface area (Å²) in [6.45, 7) is 0.263. The van der Waals surface area contributed by atoms with Gasteiger partial charge in [-0.2, -0.15) is 0 Å². The zero-order valence-corrected chi connectivity index (χ0v) is 25.7. The van der Waals surface area contributed by atoms with E-state index in [2.05, 4.69) is 5.32 Å². The molecule has 0 aliphatic heterocycles. The second kappa shape index (κ2) is 12.4. The molecule has 4 aromatic rings. The molecule has 2 amide bonds. The van der Waals surface area contributed by atoms with Crippen LogP contribution >= 0.6 is 33.9 Å². The first-order valence-corrected chi connectivity index (χ1v) is 15.2. The number of rotatable bonds is 8. The van der Waals surface area contributed by atoms with E-state index in [0.717, 1.165) is 65.8 Å². The van der Waals surface area contributed by atoms with Gasteiger partial charge >= 0.3 is 0 Å². The second-order valence-corrected chi connectivity index (χ2v) is 12.3. The molecular formula is C31H30F2IN3O3S. The van der Waals surface area contributed by atoms with Crippen molar-refractivity contribution in [1.82, 2.24) is 10.2 Å². The van der Waals surface area contributed by atoms with E-state index in [1.807, 2.05) is 64.9 Å². The van der Waals surface area contributed by atoms with Crippen LogP contribution in [0.5, 0.6) is 5.75 Å². The zero-order chi connectivity index (χ0) is 29.3. The standard InChI is InChI=1S/C31H30F2IN3O3S/c1-36-21-8-10-22(11-9-21)37(31(39)29-27(34)26-23(32)12-13-24(33)28(26)41-29)16-20-15-19(7-14-25(20)40-2)17-3-5-18(6-4-17)30(35)38/h3-7,12-15,21-22,36H,8-11,16H2,1-2H3,(H2,35,38)/t21-,22-. The Morgan fingerprint density at radius 2 is 1.68 bits per heavy atom. The SMILES string of the molecule is CN[C@H]1CC[C@H](N(Cc2cc(-c3ccc(C(N)=O)cc3)ccc2OC)C(=O)c2sc3c(F)ccc(F)c3c2I)CC1. The summed E-state index contributed by atoms with van der Waals surface area (Å²) in [5, 5.41) is 3.48. The van der Waals surface area contributed by atoms with Gasteiger partial charge in [0.15, 0.2) is 0 Å². The summed E-state index contributed by atoms with van der Waals surface area (Å²) in [5.74, 6) is -1.20. The van der Waals surface area contributed by atoms with Crippen LogP contribution in [-0.4, -0.2) is 43.0 Å².